The standard InChI is InChI=1S/C13H12ClN3O2/c1-3-9-4-6-10(7-5-9)11-12(17(18)19)8(2)15-13(14)16-11/h4-7H,3H2,1-2H3. The van der Waals surface area contributed by atoms with Crippen LogP contribution in [0.15, 0.2) is 24.3 Å². The van der Waals surface area contributed by atoms with E-state index >= 15 is 0 Å². The predicted octanol–water partition coefficient (Wildman–Crippen LogP) is 3.58. The first-order chi connectivity index (χ1) is 9.02. The smallest absolute Gasteiger partial charge is 0.258 e. The minimum atomic E-state index is -0.477. The molecular formula is C13H12ClN3O2. The maximum absolute atomic E-state index is 11.1. The largest absolute Gasteiger partial charge is 0.316 e. The highest BCUT2D eigenvalue weighted by Crippen LogP contribution is 2.31. The number of nitro groups is 1. The Balaban J connectivity index is 2.62. The quantitative estimate of drug-likeness (QED) is 0.488. The van der Waals surface area contributed by atoms with Gasteiger partial charge in [0.15, 0.2) is 5.69 Å². The summed E-state index contributed by atoms with van der Waals surface area (Å²) in [6.07, 6.45) is 0.909. The van der Waals surface area contributed by atoms with Crippen molar-refractivity contribution in [2.24, 2.45) is 0 Å². The highest BCUT2D eigenvalue weighted by Gasteiger charge is 2.22. The van der Waals surface area contributed by atoms with Gasteiger partial charge in [-0.1, -0.05) is 31.2 Å². The van der Waals surface area contributed by atoms with E-state index in [0.29, 0.717) is 5.56 Å². The maximum atomic E-state index is 11.1. The number of hydrogen-bond donors (Lipinski definition) is 0. The van der Waals surface area contributed by atoms with E-state index in [9.17, 15) is 10.1 Å². The summed E-state index contributed by atoms with van der Waals surface area (Å²) in [5.41, 5.74) is 2.23. The van der Waals surface area contributed by atoms with Crippen molar-refractivity contribution in [2.75, 3.05) is 0 Å². The molecule has 6 heteroatoms. The molecule has 1 aromatic carbocycles. The molecule has 5 nitrogen and oxygen atoms in total. The van der Waals surface area contributed by atoms with Crippen molar-refractivity contribution in [1.82, 2.24) is 9.97 Å². The Morgan fingerprint density at radius 1 is 1.26 bits per heavy atom. The van der Waals surface area contributed by atoms with Crippen LogP contribution in [0.4, 0.5) is 5.69 Å². The lowest BCUT2D eigenvalue weighted by atomic mass is 10.1. The summed E-state index contributed by atoms with van der Waals surface area (Å²) in [4.78, 5) is 18.5. The van der Waals surface area contributed by atoms with E-state index in [1.54, 1.807) is 6.92 Å². The lowest BCUT2D eigenvalue weighted by molar-refractivity contribution is -0.385. The highest BCUT2D eigenvalue weighted by atomic mass is 35.5. The summed E-state index contributed by atoms with van der Waals surface area (Å²) in [6.45, 7) is 3.60. The van der Waals surface area contributed by atoms with Gasteiger partial charge in [0, 0.05) is 5.56 Å². The van der Waals surface area contributed by atoms with Gasteiger partial charge in [0.25, 0.3) is 0 Å². The van der Waals surface area contributed by atoms with Crippen LogP contribution in [0, 0.1) is 17.0 Å². The molecule has 0 aliphatic rings. The van der Waals surface area contributed by atoms with Crippen LogP contribution in [0.25, 0.3) is 11.3 Å². The van der Waals surface area contributed by atoms with Crippen LogP contribution < -0.4 is 0 Å². The third kappa shape index (κ3) is 2.71. The second-order valence-corrected chi connectivity index (χ2v) is 4.42. The number of aryl methyl sites for hydroxylation is 2. The molecule has 0 amide bonds. The molecule has 0 aliphatic carbocycles. The van der Waals surface area contributed by atoms with Gasteiger partial charge < -0.3 is 0 Å². The number of rotatable bonds is 3. The second kappa shape index (κ2) is 5.32. The molecule has 19 heavy (non-hydrogen) atoms. The Bertz CT molecular complexity index is 627. The molecule has 0 spiro atoms. The molecule has 1 heterocycles. The van der Waals surface area contributed by atoms with E-state index in [-0.39, 0.29) is 22.4 Å². The zero-order chi connectivity index (χ0) is 14.0. The molecule has 0 fully saturated rings. The number of hydrogen-bond acceptors (Lipinski definition) is 4. The first kappa shape index (κ1) is 13.4. The summed E-state index contributed by atoms with van der Waals surface area (Å²) in [6, 6.07) is 7.46. The number of nitrogens with zero attached hydrogens (tertiary/aromatic N) is 3. The zero-order valence-electron chi connectivity index (χ0n) is 10.6. The van der Waals surface area contributed by atoms with Crippen molar-refractivity contribution in [3.05, 3.63) is 50.9 Å². The van der Waals surface area contributed by atoms with Crippen LogP contribution in [-0.4, -0.2) is 14.9 Å². The number of aromatic nitrogens is 2. The van der Waals surface area contributed by atoms with Crippen LogP contribution in [0.5, 0.6) is 0 Å². The molecule has 0 aliphatic heterocycles. The van der Waals surface area contributed by atoms with E-state index in [4.69, 9.17) is 11.6 Å². The normalized spacial score (nSPS) is 10.5. The first-order valence-corrected chi connectivity index (χ1v) is 6.18. The number of halogens is 1. The summed E-state index contributed by atoms with van der Waals surface area (Å²) >= 11 is 5.79. The van der Waals surface area contributed by atoms with E-state index in [1.165, 1.54) is 0 Å². The highest BCUT2D eigenvalue weighted by molar-refractivity contribution is 6.28. The molecule has 2 aromatic rings. The van der Waals surface area contributed by atoms with Gasteiger partial charge in [-0.05, 0) is 30.5 Å². The summed E-state index contributed by atoms with van der Waals surface area (Å²) in [5, 5.41) is 11.1. The fraction of sp³-hybridized carbons (Fsp3) is 0.231. The average molecular weight is 278 g/mol. The molecule has 98 valence electrons. The van der Waals surface area contributed by atoms with Crippen LogP contribution in [0.3, 0.4) is 0 Å². The molecule has 0 saturated heterocycles. The Morgan fingerprint density at radius 3 is 2.42 bits per heavy atom. The summed E-state index contributed by atoms with van der Waals surface area (Å²) < 4.78 is 0. The lowest BCUT2D eigenvalue weighted by Gasteiger charge is -2.05. The molecule has 0 radical (unpaired) electrons. The molecule has 0 unspecified atom stereocenters. The minimum Gasteiger partial charge on any atom is -0.258 e. The van der Waals surface area contributed by atoms with Gasteiger partial charge in [0.05, 0.1) is 4.92 Å². The van der Waals surface area contributed by atoms with Gasteiger partial charge in [-0.15, -0.1) is 0 Å². The average Bonchev–Trinajstić information content (AvgIpc) is 2.37. The molecule has 1 aromatic heterocycles. The van der Waals surface area contributed by atoms with Gasteiger partial charge in [-0.25, -0.2) is 9.97 Å². The molecule has 0 saturated carbocycles. The van der Waals surface area contributed by atoms with Crippen molar-refractivity contribution >= 4 is 17.3 Å². The van der Waals surface area contributed by atoms with E-state index in [2.05, 4.69) is 9.97 Å². The third-order valence-electron chi connectivity index (χ3n) is 2.85. The van der Waals surface area contributed by atoms with Crippen LogP contribution in [0.1, 0.15) is 18.2 Å². The third-order valence-corrected chi connectivity index (χ3v) is 3.02. The van der Waals surface area contributed by atoms with E-state index < -0.39 is 4.92 Å². The van der Waals surface area contributed by atoms with Crippen molar-refractivity contribution < 1.29 is 4.92 Å². The van der Waals surface area contributed by atoms with Gasteiger partial charge >= 0.3 is 5.69 Å². The van der Waals surface area contributed by atoms with Crippen molar-refractivity contribution in [2.45, 2.75) is 20.3 Å². The molecule has 2 rings (SSSR count). The minimum absolute atomic E-state index is 0.0117. The van der Waals surface area contributed by atoms with Gasteiger partial charge in [-0.3, -0.25) is 10.1 Å². The van der Waals surface area contributed by atoms with Crippen LogP contribution in [0.2, 0.25) is 5.28 Å². The monoisotopic (exact) mass is 277 g/mol. The van der Waals surface area contributed by atoms with Gasteiger partial charge in [0.1, 0.15) is 5.69 Å². The molecule has 0 atom stereocenters. The molecule has 0 bridgehead atoms. The topological polar surface area (TPSA) is 68.9 Å². The zero-order valence-corrected chi connectivity index (χ0v) is 11.3. The van der Waals surface area contributed by atoms with Crippen LogP contribution in [-0.2, 0) is 6.42 Å². The Labute approximate surface area is 115 Å². The maximum Gasteiger partial charge on any atom is 0.316 e. The van der Waals surface area contributed by atoms with Crippen molar-refractivity contribution in [3.8, 4) is 11.3 Å². The summed E-state index contributed by atoms with van der Waals surface area (Å²) in [7, 11) is 0. The molecular weight excluding hydrogens is 266 g/mol. The van der Waals surface area contributed by atoms with Gasteiger partial charge in [-0.2, -0.15) is 0 Å². The van der Waals surface area contributed by atoms with Crippen molar-refractivity contribution in [3.63, 3.8) is 0 Å². The number of benzene rings is 1. The van der Waals surface area contributed by atoms with E-state index in [1.807, 2.05) is 31.2 Å². The predicted molar refractivity (Wildman–Crippen MR) is 73.2 cm³/mol. The Kier molecular flexibility index (Phi) is 3.76. The fourth-order valence-corrected chi connectivity index (χ4v) is 2.06. The van der Waals surface area contributed by atoms with Crippen LogP contribution >= 0.6 is 11.6 Å². The van der Waals surface area contributed by atoms with E-state index in [0.717, 1.165) is 12.0 Å². The van der Waals surface area contributed by atoms with Gasteiger partial charge in [0.2, 0.25) is 5.28 Å². The summed E-state index contributed by atoms with van der Waals surface area (Å²) in [5.74, 6) is 0. The Morgan fingerprint density at radius 2 is 1.89 bits per heavy atom. The lowest BCUT2D eigenvalue weighted by Crippen LogP contribution is -2.01. The van der Waals surface area contributed by atoms with Crippen molar-refractivity contribution in [1.29, 1.82) is 0 Å². The first-order valence-electron chi connectivity index (χ1n) is 5.80. The fourth-order valence-electron chi connectivity index (χ4n) is 1.85. The Hall–Kier alpha value is -2.01. The molecule has 0 N–H and O–H groups in total. The SMILES string of the molecule is CCc1ccc(-c2nc(Cl)nc(C)c2[N+](=O)[O-])cc1. The second-order valence-electron chi connectivity index (χ2n) is 4.08.